The number of carbonyl (C=O) groups is 2. The maximum absolute atomic E-state index is 13.5. The summed E-state index contributed by atoms with van der Waals surface area (Å²) >= 11 is 0.706. The zero-order valence-corrected chi connectivity index (χ0v) is 30.2. The number of carboxylic acid groups (broad SMARTS) is 1. The van der Waals surface area contributed by atoms with Gasteiger partial charge in [0, 0.05) is 53.2 Å². The molecule has 0 fully saturated rings. The third-order valence-electron chi connectivity index (χ3n) is 7.90. The fraction of sp³-hybridized carbons (Fsp3) is 0.294. The van der Waals surface area contributed by atoms with Crippen LogP contribution in [-0.2, 0) is 26.4 Å². The van der Waals surface area contributed by atoms with Crippen molar-refractivity contribution in [3.8, 4) is 21.7 Å². The molecule has 0 bridgehead atoms. The number of hydrogen-bond acceptors (Lipinski definition) is 10. The second kappa shape index (κ2) is 16.3. The monoisotopic (exact) mass is 774 g/mol. The van der Waals surface area contributed by atoms with Crippen LogP contribution < -0.4 is 16.1 Å². The van der Waals surface area contributed by atoms with Crippen LogP contribution in [0.2, 0.25) is 0 Å². The van der Waals surface area contributed by atoms with Gasteiger partial charge < -0.3 is 19.9 Å². The zero-order valence-electron chi connectivity index (χ0n) is 28.5. The van der Waals surface area contributed by atoms with Crippen molar-refractivity contribution in [2.75, 3.05) is 18.5 Å². The fourth-order valence-electron chi connectivity index (χ4n) is 5.40. The van der Waals surface area contributed by atoms with Crippen LogP contribution in [0.5, 0.6) is 0 Å². The van der Waals surface area contributed by atoms with E-state index in [1.165, 1.54) is 35.3 Å². The standard InChI is InChI=1S/C34H34F3N6O8PS/c1-4-38-33(47)42-28-12-23(31-41-27(18-53-31)34(35,36)37)25(14-39-28)22-11-24-29(44)26(32(45)46)15-43(30(24)40-13-22)20(3)10-19(2)16-50-52(48,49)51-17-21-8-6-5-7-9-21/h5-9,11-15,18-20H,4,10,16-17H2,1-3H3,(H,45,46)(H,48,49)(H2,38,39,42,47). The molecule has 5 rings (SSSR count). The van der Waals surface area contributed by atoms with E-state index in [1.54, 1.807) is 51.1 Å². The Morgan fingerprint density at radius 3 is 2.47 bits per heavy atom. The van der Waals surface area contributed by atoms with Gasteiger partial charge in [-0.2, -0.15) is 13.2 Å². The van der Waals surface area contributed by atoms with Crippen LogP contribution in [0.3, 0.4) is 0 Å². The molecule has 0 spiro atoms. The molecule has 0 aliphatic carbocycles. The van der Waals surface area contributed by atoms with Gasteiger partial charge >= 0.3 is 26.0 Å². The molecule has 1 aromatic carbocycles. The number of hydrogen-bond donors (Lipinski definition) is 4. The number of carbonyl (C=O) groups excluding carboxylic acids is 1. The average molecular weight is 775 g/mol. The van der Waals surface area contributed by atoms with Gasteiger partial charge in [0.2, 0.25) is 5.43 Å². The fourth-order valence-corrected chi connectivity index (χ4v) is 7.09. The Balaban J connectivity index is 1.47. The lowest BCUT2D eigenvalue weighted by molar-refractivity contribution is -0.140. The number of aromatic nitrogens is 4. The van der Waals surface area contributed by atoms with Crippen molar-refractivity contribution in [2.24, 2.45) is 5.92 Å². The smallest absolute Gasteiger partial charge is 0.472 e. The van der Waals surface area contributed by atoms with Crippen LogP contribution >= 0.6 is 19.2 Å². The number of benzene rings is 1. The SMILES string of the molecule is CCNC(=O)Nc1cc(-c2nc(C(F)(F)F)cs2)c(-c2cnc3c(c2)c(=O)c(C(=O)O)cn3C(C)CC(C)COP(=O)(O)OCc2ccccc2)cn1. The Labute approximate surface area is 304 Å². The first-order chi connectivity index (χ1) is 25.1. The van der Waals surface area contributed by atoms with Crippen LogP contribution in [0.1, 0.15) is 54.8 Å². The molecule has 4 heterocycles. The van der Waals surface area contributed by atoms with Crippen molar-refractivity contribution in [1.82, 2.24) is 24.8 Å². The van der Waals surface area contributed by atoms with E-state index < -0.39 is 48.7 Å². The lowest BCUT2D eigenvalue weighted by atomic mass is 10.0. The van der Waals surface area contributed by atoms with E-state index in [0.29, 0.717) is 29.9 Å². The maximum atomic E-state index is 13.5. The van der Waals surface area contributed by atoms with Gasteiger partial charge in [0.15, 0.2) is 5.69 Å². The summed E-state index contributed by atoms with van der Waals surface area (Å²) in [5, 5.41) is 15.7. The molecule has 4 aromatic heterocycles. The molecular weight excluding hydrogens is 740 g/mol. The minimum Gasteiger partial charge on any atom is -0.477 e. The quantitative estimate of drug-likeness (QED) is 0.0824. The summed E-state index contributed by atoms with van der Waals surface area (Å²) in [4.78, 5) is 60.5. The molecule has 0 aliphatic heterocycles. The molecule has 53 heavy (non-hydrogen) atoms. The molecule has 0 radical (unpaired) electrons. The van der Waals surface area contributed by atoms with Gasteiger partial charge in [-0.05, 0) is 43.9 Å². The number of nitrogens with zero attached hydrogens (tertiary/aromatic N) is 4. The summed E-state index contributed by atoms with van der Waals surface area (Å²) in [6.45, 7) is 5.18. The van der Waals surface area contributed by atoms with Gasteiger partial charge in [-0.3, -0.25) is 19.2 Å². The molecule has 0 saturated heterocycles. The number of rotatable bonds is 14. The van der Waals surface area contributed by atoms with E-state index in [1.807, 2.05) is 0 Å². The molecular formula is C34H34F3N6O8PS. The van der Waals surface area contributed by atoms with E-state index in [2.05, 4.69) is 25.6 Å². The molecule has 19 heteroatoms. The van der Waals surface area contributed by atoms with E-state index in [-0.39, 0.29) is 57.7 Å². The van der Waals surface area contributed by atoms with Gasteiger partial charge in [-0.25, -0.2) is 29.1 Å². The Hall–Kier alpha value is -5.00. The first-order valence-electron chi connectivity index (χ1n) is 16.1. The van der Waals surface area contributed by atoms with Gasteiger partial charge in [0.25, 0.3) is 0 Å². The van der Waals surface area contributed by atoms with E-state index in [9.17, 15) is 42.1 Å². The van der Waals surface area contributed by atoms with Crippen LogP contribution in [-0.4, -0.2) is 54.7 Å². The Bertz CT molecular complexity index is 2230. The molecule has 3 atom stereocenters. The number of alkyl halides is 3. The van der Waals surface area contributed by atoms with E-state index >= 15 is 0 Å². The van der Waals surface area contributed by atoms with Crippen LogP contribution in [0, 0.1) is 5.92 Å². The third-order valence-corrected chi connectivity index (χ3v) is 9.70. The number of thiazole rings is 1. The van der Waals surface area contributed by atoms with Gasteiger partial charge in [0.1, 0.15) is 22.0 Å². The van der Waals surface area contributed by atoms with E-state index in [4.69, 9.17) is 9.05 Å². The summed E-state index contributed by atoms with van der Waals surface area (Å²) in [5.74, 6) is -1.84. The number of phosphoric ester groups is 1. The highest BCUT2D eigenvalue weighted by Gasteiger charge is 2.34. The molecule has 14 nitrogen and oxygen atoms in total. The van der Waals surface area contributed by atoms with Crippen molar-refractivity contribution < 1.29 is 46.4 Å². The lowest BCUT2D eigenvalue weighted by Gasteiger charge is -2.23. The first-order valence-corrected chi connectivity index (χ1v) is 18.5. The maximum Gasteiger partial charge on any atom is 0.472 e. The highest BCUT2D eigenvalue weighted by molar-refractivity contribution is 7.47. The predicted octanol–water partition coefficient (Wildman–Crippen LogP) is 7.36. The lowest BCUT2D eigenvalue weighted by Crippen LogP contribution is -2.28. The van der Waals surface area contributed by atoms with Gasteiger partial charge in [-0.15, -0.1) is 11.3 Å². The molecule has 2 amide bonds. The number of urea groups is 1. The van der Waals surface area contributed by atoms with Crippen LogP contribution in [0.25, 0.3) is 32.7 Å². The molecule has 3 unspecified atom stereocenters. The van der Waals surface area contributed by atoms with Gasteiger partial charge in [0.05, 0.1) is 18.6 Å². The van der Waals surface area contributed by atoms with Gasteiger partial charge in [-0.1, -0.05) is 37.3 Å². The van der Waals surface area contributed by atoms with Crippen molar-refractivity contribution in [3.05, 3.63) is 93.5 Å². The molecule has 5 aromatic rings. The number of fused-ring (bicyclic) bond motifs is 1. The number of nitrogens with one attached hydrogen (secondary N) is 2. The second-order valence-corrected chi connectivity index (χ2v) is 14.3. The number of halogens is 3. The summed E-state index contributed by atoms with van der Waals surface area (Å²) in [5.41, 5.74) is -1.19. The average Bonchev–Trinajstić information content (AvgIpc) is 3.62. The molecule has 0 saturated carbocycles. The largest absolute Gasteiger partial charge is 0.477 e. The zero-order chi connectivity index (χ0) is 38.5. The highest BCUT2D eigenvalue weighted by Crippen LogP contribution is 2.45. The number of carboxylic acids is 1. The van der Waals surface area contributed by atoms with E-state index in [0.717, 1.165) is 5.38 Å². The van der Waals surface area contributed by atoms with Crippen molar-refractivity contribution >= 4 is 48.0 Å². The minimum atomic E-state index is -4.72. The van der Waals surface area contributed by atoms with Crippen LogP contribution in [0.4, 0.5) is 23.8 Å². The Kier molecular flexibility index (Phi) is 12.1. The number of phosphoric acid groups is 1. The van der Waals surface area contributed by atoms with Crippen molar-refractivity contribution in [2.45, 2.75) is 46.0 Å². The minimum absolute atomic E-state index is 0.00922. The summed E-state index contributed by atoms with van der Waals surface area (Å²) in [7, 11) is -4.40. The highest BCUT2D eigenvalue weighted by atomic mass is 32.1. The molecule has 280 valence electrons. The summed E-state index contributed by atoms with van der Waals surface area (Å²) in [6, 6.07) is 10.4. The third kappa shape index (κ3) is 9.71. The predicted molar refractivity (Wildman–Crippen MR) is 190 cm³/mol. The Morgan fingerprint density at radius 1 is 1.08 bits per heavy atom. The van der Waals surface area contributed by atoms with Crippen LogP contribution in [0.15, 0.2) is 71.2 Å². The first kappa shape index (κ1) is 39.2. The number of anilines is 1. The normalized spacial score (nSPS) is 14.0. The van der Waals surface area contributed by atoms with Crippen molar-refractivity contribution in [1.29, 1.82) is 0 Å². The number of pyridine rings is 3. The Morgan fingerprint density at radius 2 is 1.81 bits per heavy atom. The molecule has 4 N–H and O–H groups in total. The topological polar surface area (TPSA) is 195 Å². The molecule has 0 aliphatic rings. The number of amides is 2. The summed E-state index contributed by atoms with van der Waals surface area (Å²) < 4.78 is 64.8. The summed E-state index contributed by atoms with van der Waals surface area (Å²) in [6.07, 6.45) is -0.623. The second-order valence-electron chi connectivity index (χ2n) is 12.0. The van der Waals surface area contributed by atoms with Crippen molar-refractivity contribution in [3.63, 3.8) is 0 Å². The number of aromatic carboxylic acids is 1.